The number of ether oxygens (including phenoxy) is 1. The van der Waals surface area contributed by atoms with E-state index in [9.17, 15) is 4.79 Å². The molecule has 0 spiro atoms. The number of carbonyl (C=O) groups excluding carboxylic acids is 1. The van der Waals surface area contributed by atoms with Gasteiger partial charge in [0.05, 0.1) is 10.0 Å². The van der Waals surface area contributed by atoms with E-state index >= 15 is 0 Å². The molecule has 1 amide bonds. The number of likely N-dealkylation sites (N-methyl/N-ethyl adjacent to an activating group) is 1. The van der Waals surface area contributed by atoms with Gasteiger partial charge in [0.1, 0.15) is 5.60 Å². The molecule has 0 aliphatic carbocycles. The summed E-state index contributed by atoms with van der Waals surface area (Å²) in [5.41, 5.74) is 0.494. The van der Waals surface area contributed by atoms with Crippen molar-refractivity contribution in [1.82, 2.24) is 10.2 Å². The average molecular weight is 347 g/mol. The molecule has 4 nitrogen and oxygen atoms in total. The maximum Gasteiger partial charge on any atom is 0.407 e. The lowest BCUT2D eigenvalue weighted by molar-refractivity contribution is 0.0497. The quantitative estimate of drug-likeness (QED) is 0.876. The van der Waals surface area contributed by atoms with Crippen LogP contribution in [0.5, 0.6) is 0 Å². The first kappa shape index (κ1) is 19.1. The first-order valence-corrected chi connectivity index (χ1v) is 7.90. The number of hydrogen-bond donors (Lipinski definition) is 1. The van der Waals surface area contributed by atoms with Gasteiger partial charge in [-0.25, -0.2) is 4.79 Å². The standard InChI is InChI=1S/C16H24Cl2N2O2/c1-16(2,3)22-15(21)19-12(10-20(4)5)8-11-6-7-13(17)14(18)9-11/h6-7,9,12H,8,10H2,1-5H3,(H,19,21)/t12-/m1/s1. The highest BCUT2D eigenvalue weighted by Crippen LogP contribution is 2.23. The summed E-state index contributed by atoms with van der Waals surface area (Å²) in [6.45, 7) is 6.21. The number of nitrogens with one attached hydrogen (secondary N) is 1. The Kier molecular flexibility index (Phi) is 6.98. The van der Waals surface area contributed by atoms with Gasteiger partial charge < -0.3 is 15.0 Å². The summed E-state index contributed by atoms with van der Waals surface area (Å²) in [7, 11) is 3.91. The van der Waals surface area contributed by atoms with Gasteiger partial charge in [0, 0.05) is 12.6 Å². The van der Waals surface area contributed by atoms with Crippen LogP contribution in [0.25, 0.3) is 0 Å². The molecule has 0 unspecified atom stereocenters. The highest BCUT2D eigenvalue weighted by atomic mass is 35.5. The van der Waals surface area contributed by atoms with Crippen LogP contribution in [0.4, 0.5) is 4.79 Å². The van der Waals surface area contributed by atoms with E-state index in [1.54, 1.807) is 6.07 Å². The molecule has 1 aromatic rings. The van der Waals surface area contributed by atoms with Crippen LogP contribution in [-0.4, -0.2) is 43.3 Å². The molecule has 1 atom stereocenters. The zero-order valence-electron chi connectivity index (χ0n) is 13.7. The summed E-state index contributed by atoms with van der Waals surface area (Å²) in [6.07, 6.45) is 0.230. The lowest BCUT2D eigenvalue weighted by Crippen LogP contribution is -2.45. The zero-order chi connectivity index (χ0) is 16.9. The summed E-state index contributed by atoms with van der Waals surface area (Å²) < 4.78 is 5.31. The van der Waals surface area contributed by atoms with Crippen molar-refractivity contribution in [2.75, 3.05) is 20.6 Å². The molecule has 0 heterocycles. The van der Waals surface area contributed by atoms with Crippen LogP contribution in [0.2, 0.25) is 10.0 Å². The van der Waals surface area contributed by atoms with Gasteiger partial charge in [-0.15, -0.1) is 0 Å². The van der Waals surface area contributed by atoms with Crippen molar-refractivity contribution in [2.24, 2.45) is 0 Å². The number of rotatable bonds is 5. The summed E-state index contributed by atoms with van der Waals surface area (Å²) in [6, 6.07) is 5.42. The minimum absolute atomic E-state index is 0.0814. The first-order chi connectivity index (χ1) is 10.1. The predicted octanol–water partition coefficient (Wildman–Crippen LogP) is 3.99. The van der Waals surface area contributed by atoms with Crippen molar-refractivity contribution in [3.05, 3.63) is 33.8 Å². The van der Waals surface area contributed by atoms with Crippen molar-refractivity contribution in [2.45, 2.75) is 38.8 Å². The number of hydrogen-bond acceptors (Lipinski definition) is 3. The molecule has 0 saturated carbocycles. The van der Waals surface area contributed by atoms with Crippen molar-refractivity contribution >= 4 is 29.3 Å². The molecule has 0 saturated heterocycles. The van der Waals surface area contributed by atoms with Crippen molar-refractivity contribution in [1.29, 1.82) is 0 Å². The van der Waals surface area contributed by atoms with Gasteiger partial charge in [-0.2, -0.15) is 0 Å². The van der Waals surface area contributed by atoms with Gasteiger partial charge in [-0.3, -0.25) is 0 Å². The van der Waals surface area contributed by atoms with Crippen LogP contribution in [0, 0.1) is 0 Å². The minimum atomic E-state index is -0.518. The third-order valence-corrected chi connectivity index (χ3v) is 3.51. The molecule has 6 heteroatoms. The van der Waals surface area contributed by atoms with Gasteiger partial charge >= 0.3 is 6.09 Å². The fourth-order valence-electron chi connectivity index (χ4n) is 2.03. The Bertz CT molecular complexity index is 513. The Labute approximate surface area is 142 Å². The Hall–Kier alpha value is -0.970. The monoisotopic (exact) mass is 346 g/mol. The van der Waals surface area contributed by atoms with E-state index in [1.165, 1.54) is 0 Å². The molecule has 0 bridgehead atoms. The third kappa shape index (κ3) is 7.34. The van der Waals surface area contributed by atoms with Crippen molar-refractivity contribution in [3.8, 4) is 0 Å². The maximum absolute atomic E-state index is 12.0. The van der Waals surface area contributed by atoms with Gasteiger partial charge in [-0.05, 0) is 59.0 Å². The molecule has 0 radical (unpaired) electrons. The minimum Gasteiger partial charge on any atom is -0.444 e. The number of halogens is 2. The van der Waals surface area contributed by atoms with Crippen LogP contribution in [0.3, 0.4) is 0 Å². The second-order valence-electron chi connectivity index (χ2n) is 6.56. The molecule has 0 fully saturated rings. The molecule has 0 aliphatic rings. The summed E-state index contributed by atoms with van der Waals surface area (Å²) >= 11 is 12.0. The SMILES string of the molecule is CN(C)C[C@@H](Cc1ccc(Cl)c(Cl)c1)NC(=O)OC(C)(C)C. The normalized spacial score (nSPS) is 13.1. The van der Waals surface area contributed by atoms with Crippen LogP contribution in [-0.2, 0) is 11.2 Å². The van der Waals surface area contributed by atoms with Crippen LogP contribution < -0.4 is 5.32 Å². The molecule has 1 N–H and O–H groups in total. The van der Waals surface area contributed by atoms with E-state index in [2.05, 4.69) is 5.32 Å². The number of benzene rings is 1. The van der Waals surface area contributed by atoms with Crippen LogP contribution in [0.15, 0.2) is 18.2 Å². The fraction of sp³-hybridized carbons (Fsp3) is 0.562. The summed E-state index contributed by atoms with van der Waals surface area (Å²) in [4.78, 5) is 14.0. The first-order valence-electron chi connectivity index (χ1n) is 7.15. The molecule has 0 aromatic heterocycles. The van der Waals surface area contributed by atoms with Gasteiger partial charge in [0.2, 0.25) is 0 Å². The topological polar surface area (TPSA) is 41.6 Å². The molecule has 22 heavy (non-hydrogen) atoms. The van der Waals surface area contributed by atoms with E-state index < -0.39 is 11.7 Å². The van der Waals surface area contributed by atoms with E-state index in [-0.39, 0.29) is 6.04 Å². The van der Waals surface area contributed by atoms with E-state index in [0.717, 1.165) is 5.56 Å². The van der Waals surface area contributed by atoms with Crippen LogP contribution in [0.1, 0.15) is 26.3 Å². The summed E-state index contributed by atoms with van der Waals surface area (Å²) in [5.74, 6) is 0. The highest BCUT2D eigenvalue weighted by Gasteiger charge is 2.20. The van der Waals surface area contributed by atoms with E-state index in [0.29, 0.717) is 23.0 Å². The zero-order valence-corrected chi connectivity index (χ0v) is 15.3. The number of alkyl carbamates (subject to hydrolysis) is 1. The molecule has 0 aliphatic heterocycles. The average Bonchev–Trinajstić information content (AvgIpc) is 2.30. The van der Waals surface area contributed by atoms with Crippen LogP contribution >= 0.6 is 23.2 Å². The molecule has 1 aromatic carbocycles. The Morgan fingerprint density at radius 2 is 1.91 bits per heavy atom. The van der Waals surface area contributed by atoms with E-state index in [4.69, 9.17) is 27.9 Å². The van der Waals surface area contributed by atoms with Gasteiger partial charge in [0.25, 0.3) is 0 Å². The Morgan fingerprint density at radius 3 is 2.41 bits per heavy atom. The molecular formula is C16H24Cl2N2O2. The maximum atomic E-state index is 12.0. The fourth-order valence-corrected chi connectivity index (χ4v) is 2.35. The largest absolute Gasteiger partial charge is 0.444 e. The third-order valence-electron chi connectivity index (χ3n) is 2.77. The Balaban J connectivity index is 2.75. The number of amides is 1. The molecular weight excluding hydrogens is 323 g/mol. The predicted molar refractivity (Wildman–Crippen MR) is 91.9 cm³/mol. The Morgan fingerprint density at radius 1 is 1.27 bits per heavy atom. The summed E-state index contributed by atoms with van der Waals surface area (Å²) in [5, 5.41) is 3.95. The lowest BCUT2D eigenvalue weighted by Gasteiger charge is -2.25. The highest BCUT2D eigenvalue weighted by molar-refractivity contribution is 6.42. The second-order valence-corrected chi connectivity index (χ2v) is 7.37. The molecule has 1 rings (SSSR count). The van der Waals surface area contributed by atoms with Crippen molar-refractivity contribution in [3.63, 3.8) is 0 Å². The second kappa shape index (κ2) is 8.04. The van der Waals surface area contributed by atoms with Gasteiger partial charge in [0.15, 0.2) is 0 Å². The smallest absolute Gasteiger partial charge is 0.407 e. The van der Waals surface area contributed by atoms with Crippen molar-refractivity contribution < 1.29 is 9.53 Å². The molecule has 124 valence electrons. The van der Waals surface area contributed by atoms with Gasteiger partial charge in [-0.1, -0.05) is 29.3 Å². The van der Waals surface area contributed by atoms with E-state index in [1.807, 2.05) is 51.9 Å². The lowest BCUT2D eigenvalue weighted by atomic mass is 10.1. The number of carbonyl (C=O) groups is 1. The number of nitrogens with zero attached hydrogens (tertiary/aromatic N) is 1.